The molecule has 1 unspecified atom stereocenters. The number of carbonyl (C=O) groups is 1. The first kappa shape index (κ1) is 19.2. The van der Waals surface area contributed by atoms with Gasteiger partial charge in [0.1, 0.15) is 0 Å². The highest BCUT2D eigenvalue weighted by atomic mass is 32.2. The molecule has 0 bridgehead atoms. The normalized spacial score (nSPS) is 24.5. The number of nitrogens with one attached hydrogen (secondary N) is 1. The maximum Gasteiger partial charge on any atom is 0.233 e. The van der Waals surface area contributed by atoms with Crippen LogP contribution in [0.25, 0.3) is 0 Å². The molecule has 1 amide bonds. The van der Waals surface area contributed by atoms with Crippen molar-refractivity contribution in [1.29, 1.82) is 0 Å². The van der Waals surface area contributed by atoms with Crippen molar-refractivity contribution in [2.45, 2.75) is 93.1 Å². The lowest BCUT2D eigenvalue weighted by atomic mass is 9.79. The Morgan fingerprint density at radius 1 is 1.19 bits per heavy atom. The van der Waals surface area contributed by atoms with Gasteiger partial charge in [0.2, 0.25) is 11.1 Å². The van der Waals surface area contributed by atoms with Crippen molar-refractivity contribution >= 4 is 17.7 Å². The van der Waals surface area contributed by atoms with E-state index in [-0.39, 0.29) is 16.7 Å². The Hall–Kier alpha value is -1.15. The molecule has 1 aromatic rings. The Balaban J connectivity index is 1.35. The molecule has 3 fully saturated rings. The minimum Gasteiger partial charge on any atom is -0.353 e. The molecule has 1 aliphatic heterocycles. The van der Waals surface area contributed by atoms with Crippen LogP contribution in [0.2, 0.25) is 0 Å². The summed E-state index contributed by atoms with van der Waals surface area (Å²) in [4.78, 5) is 15.5. The highest BCUT2D eigenvalue weighted by Gasteiger charge is 2.39. The van der Waals surface area contributed by atoms with E-state index in [0.29, 0.717) is 6.04 Å². The second-order valence-corrected chi connectivity index (χ2v) is 9.76. The van der Waals surface area contributed by atoms with Gasteiger partial charge in [0.05, 0.1) is 11.3 Å². The fourth-order valence-corrected chi connectivity index (χ4v) is 5.49. The first-order chi connectivity index (χ1) is 13.2. The summed E-state index contributed by atoms with van der Waals surface area (Å²) < 4.78 is 1.88. The van der Waals surface area contributed by atoms with Crippen molar-refractivity contribution < 1.29 is 4.79 Å². The minimum absolute atomic E-state index is 0.104. The predicted molar refractivity (Wildman–Crippen MR) is 106 cm³/mol. The molecule has 1 saturated heterocycles. The number of hydrogen-bond donors (Lipinski definition) is 1. The van der Waals surface area contributed by atoms with E-state index in [2.05, 4.69) is 25.7 Å². The highest BCUT2D eigenvalue weighted by molar-refractivity contribution is 8.00. The molecule has 2 heterocycles. The van der Waals surface area contributed by atoms with E-state index in [4.69, 9.17) is 0 Å². The Morgan fingerprint density at radius 3 is 2.59 bits per heavy atom. The van der Waals surface area contributed by atoms with E-state index in [0.717, 1.165) is 24.5 Å². The summed E-state index contributed by atoms with van der Waals surface area (Å²) in [5, 5.41) is 15.9. The summed E-state index contributed by atoms with van der Waals surface area (Å²) in [7, 11) is 0. The molecule has 1 atom stereocenters. The van der Waals surface area contributed by atoms with Crippen LogP contribution in [-0.4, -0.2) is 61.4 Å². The summed E-state index contributed by atoms with van der Waals surface area (Å²) in [6.45, 7) is 5.12. The van der Waals surface area contributed by atoms with Gasteiger partial charge in [-0.05, 0) is 69.0 Å². The maximum atomic E-state index is 12.8. The molecule has 150 valence electrons. The minimum atomic E-state index is -0.185. The van der Waals surface area contributed by atoms with Crippen molar-refractivity contribution in [2.75, 3.05) is 19.6 Å². The van der Waals surface area contributed by atoms with E-state index in [1.165, 1.54) is 76.2 Å². The van der Waals surface area contributed by atoms with Crippen LogP contribution in [-0.2, 0) is 4.79 Å². The second-order valence-electron chi connectivity index (χ2n) is 8.45. The van der Waals surface area contributed by atoms with Crippen molar-refractivity contribution in [1.82, 2.24) is 30.4 Å². The third-order valence-electron chi connectivity index (χ3n) is 6.41. The number of nitrogens with zero attached hydrogens (tertiary/aromatic N) is 5. The van der Waals surface area contributed by atoms with Crippen molar-refractivity contribution in [2.24, 2.45) is 0 Å². The standard InChI is InChI=1S/C19H32N6OS/c1-15(27-18-21-22-23-25(18)16-8-9-16)17(26)20-14-19(10-4-2-5-11-19)24-12-6-3-7-13-24/h15-16H,2-14H2,1H3,(H,20,26). The lowest BCUT2D eigenvalue weighted by molar-refractivity contribution is -0.121. The number of tetrazole rings is 1. The lowest BCUT2D eigenvalue weighted by Crippen LogP contribution is -2.58. The van der Waals surface area contributed by atoms with E-state index in [1.807, 2.05) is 11.6 Å². The average Bonchev–Trinajstić information content (AvgIpc) is 3.46. The van der Waals surface area contributed by atoms with Gasteiger partial charge in [-0.2, -0.15) is 0 Å². The zero-order valence-electron chi connectivity index (χ0n) is 16.4. The Morgan fingerprint density at radius 2 is 1.89 bits per heavy atom. The quantitative estimate of drug-likeness (QED) is 0.719. The molecule has 1 N–H and O–H groups in total. The van der Waals surface area contributed by atoms with Gasteiger partial charge in [-0.1, -0.05) is 37.4 Å². The number of amides is 1. The molecular formula is C19H32N6OS. The van der Waals surface area contributed by atoms with Crippen LogP contribution in [0, 0.1) is 0 Å². The van der Waals surface area contributed by atoms with Crippen LogP contribution in [0.3, 0.4) is 0 Å². The highest BCUT2D eigenvalue weighted by Crippen LogP contribution is 2.37. The largest absolute Gasteiger partial charge is 0.353 e. The fourth-order valence-electron chi connectivity index (χ4n) is 4.60. The van der Waals surface area contributed by atoms with Crippen LogP contribution < -0.4 is 5.32 Å². The number of rotatable bonds is 7. The molecule has 0 spiro atoms. The van der Waals surface area contributed by atoms with Crippen LogP contribution in [0.15, 0.2) is 5.16 Å². The first-order valence-electron chi connectivity index (χ1n) is 10.7. The summed E-state index contributed by atoms with van der Waals surface area (Å²) in [5.41, 5.74) is 0.175. The third-order valence-corrected chi connectivity index (χ3v) is 7.46. The molecule has 1 aromatic heterocycles. The zero-order valence-corrected chi connectivity index (χ0v) is 17.2. The molecule has 8 heteroatoms. The van der Waals surface area contributed by atoms with Gasteiger partial charge in [-0.15, -0.1) is 5.10 Å². The van der Waals surface area contributed by atoms with Crippen molar-refractivity contribution in [3.8, 4) is 0 Å². The SMILES string of the molecule is CC(Sc1nnnn1C1CC1)C(=O)NCC1(N2CCCCC2)CCCCC1. The van der Waals surface area contributed by atoms with Crippen LogP contribution in [0.1, 0.15) is 77.2 Å². The number of thioether (sulfide) groups is 1. The van der Waals surface area contributed by atoms with Gasteiger partial charge < -0.3 is 5.32 Å². The monoisotopic (exact) mass is 392 g/mol. The van der Waals surface area contributed by atoms with Gasteiger partial charge in [0, 0.05) is 12.1 Å². The van der Waals surface area contributed by atoms with E-state index in [9.17, 15) is 4.79 Å². The molecule has 2 aliphatic carbocycles. The number of piperidine rings is 1. The number of carbonyl (C=O) groups excluding carboxylic acids is 1. The number of aromatic nitrogens is 4. The molecule has 7 nitrogen and oxygen atoms in total. The Bertz CT molecular complexity index is 634. The molecular weight excluding hydrogens is 360 g/mol. The van der Waals surface area contributed by atoms with E-state index in [1.54, 1.807) is 0 Å². The van der Waals surface area contributed by atoms with Gasteiger partial charge in [-0.25, -0.2) is 4.68 Å². The topological polar surface area (TPSA) is 75.9 Å². The van der Waals surface area contributed by atoms with Gasteiger partial charge >= 0.3 is 0 Å². The molecule has 27 heavy (non-hydrogen) atoms. The molecule has 2 saturated carbocycles. The summed E-state index contributed by atoms with van der Waals surface area (Å²) in [5.74, 6) is 0.104. The third kappa shape index (κ3) is 4.47. The predicted octanol–water partition coefficient (Wildman–Crippen LogP) is 2.79. The second kappa shape index (κ2) is 8.47. The number of likely N-dealkylation sites (tertiary alicyclic amines) is 1. The maximum absolute atomic E-state index is 12.8. The van der Waals surface area contributed by atoms with E-state index >= 15 is 0 Å². The summed E-state index contributed by atoms with van der Waals surface area (Å²) in [6, 6.07) is 0.433. The summed E-state index contributed by atoms with van der Waals surface area (Å²) in [6.07, 6.45) is 12.6. The molecule has 0 aromatic carbocycles. The van der Waals surface area contributed by atoms with E-state index < -0.39 is 0 Å². The van der Waals surface area contributed by atoms with Gasteiger partial charge in [0.25, 0.3) is 0 Å². The lowest BCUT2D eigenvalue weighted by Gasteiger charge is -2.48. The van der Waals surface area contributed by atoms with Gasteiger partial charge in [-0.3, -0.25) is 9.69 Å². The van der Waals surface area contributed by atoms with Crippen molar-refractivity contribution in [3.63, 3.8) is 0 Å². The van der Waals surface area contributed by atoms with Crippen molar-refractivity contribution in [3.05, 3.63) is 0 Å². The fraction of sp³-hybridized carbons (Fsp3) is 0.895. The average molecular weight is 393 g/mol. The van der Waals surface area contributed by atoms with Crippen LogP contribution >= 0.6 is 11.8 Å². The van der Waals surface area contributed by atoms with Gasteiger partial charge in [0.15, 0.2) is 0 Å². The Labute approximate surface area is 166 Å². The molecule has 0 radical (unpaired) electrons. The smallest absolute Gasteiger partial charge is 0.233 e. The summed E-state index contributed by atoms with van der Waals surface area (Å²) >= 11 is 1.48. The Kier molecular flexibility index (Phi) is 6.02. The molecule has 4 rings (SSSR count). The van der Waals surface area contributed by atoms with Crippen LogP contribution in [0.4, 0.5) is 0 Å². The first-order valence-corrected chi connectivity index (χ1v) is 11.5. The number of hydrogen-bond acceptors (Lipinski definition) is 6. The molecule has 3 aliphatic rings. The zero-order chi connectivity index (χ0) is 18.7. The van der Waals surface area contributed by atoms with Crippen LogP contribution in [0.5, 0.6) is 0 Å².